The Morgan fingerprint density at radius 3 is 2.29 bits per heavy atom. The molecule has 3 rings (SSSR count). The molecule has 24 heavy (non-hydrogen) atoms. The molecule has 0 saturated carbocycles. The molecule has 132 valence electrons. The summed E-state index contributed by atoms with van der Waals surface area (Å²) >= 11 is 0. The van der Waals surface area contributed by atoms with Crippen LogP contribution in [0.25, 0.3) is 0 Å². The minimum atomic E-state index is 0.0411. The molecule has 1 atom stereocenters. The molecule has 1 amide bonds. The fraction of sp³-hybridized carbons (Fsp3) is 0.650. The average Bonchev–Trinajstić information content (AvgIpc) is 2.67. The van der Waals surface area contributed by atoms with Crippen molar-refractivity contribution in [2.24, 2.45) is 0 Å². The van der Waals surface area contributed by atoms with E-state index in [-0.39, 0.29) is 6.04 Å². The van der Waals surface area contributed by atoms with E-state index in [2.05, 4.69) is 52.0 Å². The number of amides is 1. The number of likely N-dealkylation sites (tertiary alicyclic amines) is 1. The molecule has 2 fully saturated rings. The lowest BCUT2D eigenvalue weighted by atomic mass is 10.1. The predicted octanol–water partition coefficient (Wildman–Crippen LogP) is 2.25. The SMILES string of the molecule is CC(C(=O)N1CCCCC1)N1CCN(CCc2ccccc2)CC1. The summed E-state index contributed by atoms with van der Waals surface area (Å²) in [7, 11) is 0. The standard InChI is InChI=1S/C20H31N3O/c1-18(20(24)23-11-6-3-7-12-23)22-16-14-21(15-17-22)13-10-19-8-4-2-5-9-19/h2,4-5,8-9,18H,3,6-7,10-17H2,1H3. The van der Waals surface area contributed by atoms with Crippen LogP contribution in [0.4, 0.5) is 0 Å². The van der Waals surface area contributed by atoms with Gasteiger partial charge in [-0.2, -0.15) is 0 Å². The van der Waals surface area contributed by atoms with Gasteiger partial charge in [-0.1, -0.05) is 30.3 Å². The van der Waals surface area contributed by atoms with Crippen molar-refractivity contribution >= 4 is 5.91 Å². The number of piperidine rings is 1. The zero-order chi connectivity index (χ0) is 16.8. The second kappa shape index (κ2) is 8.63. The van der Waals surface area contributed by atoms with Crippen LogP contribution >= 0.6 is 0 Å². The van der Waals surface area contributed by atoms with Gasteiger partial charge in [0.15, 0.2) is 0 Å². The molecule has 1 aromatic carbocycles. The van der Waals surface area contributed by atoms with E-state index in [4.69, 9.17) is 0 Å². The van der Waals surface area contributed by atoms with Crippen LogP contribution < -0.4 is 0 Å². The number of carbonyl (C=O) groups excluding carboxylic acids is 1. The van der Waals surface area contributed by atoms with Gasteiger partial charge in [-0.15, -0.1) is 0 Å². The molecule has 2 aliphatic heterocycles. The largest absolute Gasteiger partial charge is 0.341 e. The summed E-state index contributed by atoms with van der Waals surface area (Å²) in [5.41, 5.74) is 1.41. The maximum Gasteiger partial charge on any atom is 0.239 e. The fourth-order valence-corrected chi connectivity index (χ4v) is 3.84. The summed E-state index contributed by atoms with van der Waals surface area (Å²) in [6.07, 6.45) is 4.73. The second-order valence-corrected chi connectivity index (χ2v) is 7.18. The third-order valence-corrected chi connectivity index (χ3v) is 5.54. The van der Waals surface area contributed by atoms with Gasteiger partial charge < -0.3 is 9.80 Å². The second-order valence-electron chi connectivity index (χ2n) is 7.18. The van der Waals surface area contributed by atoms with Crippen molar-refractivity contribution in [1.82, 2.24) is 14.7 Å². The van der Waals surface area contributed by atoms with Crippen LogP contribution in [0, 0.1) is 0 Å². The molecule has 2 heterocycles. The smallest absolute Gasteiger partial charge is 0.239 e. The first-order chi connectivity index (χ1) is 11.7. The van der Waals surface area contributed by atoms with Crippen LogP contribution in [0.15, 0.2) is 30.3 Å². The van der Waals surface area contributed by atoms with Crippen molar-refractivity contribution in [3.05, 3.63) is 35.9 Å². The molecule has 1 unspecified atom stereocenters. The molecule has 2 saturated heterocycles. The summed E-state index contributed by atoms with van der Waals surface area (Å²) in [6.45, 7) is 9.29. The highest BCUT2D eigenvalue weighted by Crippen LogP contribution is 2.14. The molecule has 0 radical (unpaired) electrons. The van der Waals surface area contributed by atoms with E-state index in [0.717, 1.165) is 52.2 Å². The number of rotatable bonds is 5. The van der Waals surface area contributed by atoms with Crippen LogP contribution in [0.3, 0.4) is 0 Å². The molecular weight excluding hydrogens is 298 g/mol. The normalized spacial score (nSPS) is 21.6. The highest BCUT2D eigenvalue weighted by atomic mass is 16.2. The minimum Gasteiger partial charge on any atom is -0.341 e. The summed E-state index contributed by atoms with van der Waals surface area (Å²) < 4.78 is 0. The lowest BCUT2D eigenvalue weighted by Gasteiger charge is -2.39. The van der Waals surface area contributed by atoms with E-state index in [1.807, 2.05) is 0 Å². The molecule has 0 spiro atoms. The van der Waals surface area contributed by atoms with Gasteiger partial charge in [0.1, 0.15) is 0 Å². The van der Waals surface area contributed by atoms with E-state index in [1.54, 1.807) is 0 Å². The zero-order valence-corrected chi connectivity index (χ0v) is 15.0. The van der Waals surface area contributed by atoms with Crippen LogP contribution in [-0.2, 0) is 11.2 Å². The van der Waals surface area contributed by atoms with Crippen LogP contribution in [0.1, 0.15) is 31.7 Å². The third kappa shape index (κ3) is 4.58. The Kier molecular flexibility index (Phi) is 6.27. The van der Waals surface area contributed by atoms with Crippen LogP contribution in [-0.4, -0.2) is 72.5 Å². The number of piperazine rings is 1. The Hall–Kier alpha value is -1.39. The molecule has 0 N–H and O–H groups in total. The number of benzene rings is 1. The third-order valence-electron chi connectivity index (χ3n) is 5.54. The lowest BCUT2D eigenvalue weighted by molar-refractivity contribution is -0.138. The molecule has 0 bridgehead atoms. The Bertz CT molecular complexity index is 505. The Balaban J connectivity index is 1.41. The predicted molar refractivity (Wildman–Crippen MR) is 98.1 cm³/mol. The van der Waals surface area contributed by atoms with Crippen molar-refractivity contribution in [3.8, 4) is 0 Å². The highest BCUT2D eigenvalue weighted by molar-refractivity contribution is 5.81. The van der Waals surface area contributed by atoms with E-state index in [9.17, 15) is 4.79 Å². The van der Waals surface area contributed by atoms with Crippen molar-refractivity contribution in [2.75, 3.05) is 45.8 Å². The Labute approximate surface area is 146 Å². The van der Waals surface area contributed by atoms with Gasteiger partial charge in [0.2, 0.25) is 5.91 Å². The molecule has 0 aromatic heterocycles. The maximum absolute atomic E-state index is 12.7. The molecular formula is C20H31N3O. The molecule has 2 aliphatic rings. The van der Waals surface area contributed by atoms with E-state index in [1.165, 1.54) is 24.8 Å². The van der Waals surface area contributed by atoms with Crippen molar-refractivity contribution < 1.29 is 4.79 Å². The number of hydrogen-bond donors (Lipinski definition) is 0. The number of nitrogens with zero attached hydrogens (tertiary/aromatic N) is 3. The lowest BCUT2D eigenvalue weighted by Crippen LogP contribution is -2.55. The van der Waals surface area contributed by atoms with E-state index in [0.29, 0.717) is 5.91 Å². The molecule has 1 aromatic rings. The van der Waals surface area contributed by atoms with Crippen molar-refractivity contribution in [1.29, 1.82) is 0 Å². The minimum absolute atomic E-state index is 0.0411. The summed E-state index contributed by atoms with van der Waals surface area (Å²) in [4.78, 5) is 19.6. The molecule has 4 heteroatoms. The van der Waals surface area contributed by atoms with Gasteiger partial charge in [0.05, 0.1) is 6.04 Å². The monoisotopic (exact) mass is 329 g/mol. The highest BCUT2D eigenvalue weighted by Gasteiger charge is 2.29. The van der Waals surface area contributed by atoms with Gasteiger partial charge in [-0.05, 0) is 38.2 Å². The Morgan fingerprint density at radius 1 is 0.958 bits per heavy atom. The van der Waals surface area contributed by atoms with Gasteiger partial charge in [0, 0.05) is 45.8 Å². The summed E-state index contributed by atoms with van der Waals surface area (Å²) in [6, 6.07) is 10.7. The topological polar surface area (TPSA) is 26.8 Å². The maximum atomic E-state index is 12.7. The Morgan fingerprint density at radius 2 is 1.62 bits per heavy atom. The van der Waals surface area contributed by atoms with E-state index < -0.39 is 0 Å². The molecule has 4 nitrogen and oxygen atoms in total. The summed E-state index contributed by atoms with van der Waals surface area (Å²) in [5.74, 6) is 0.340. The van der Waals surface area contributed by atoms with Gasteiger partial charge >= 0.3 is 0 Å². The first kappa shape index (κ1) is 17.4. The van der Waals surface area contributed by atoms with E-state index >= 15 is 0 Å². The average molecular weight is 329 g/mol. The fourth-order valence-electron chi connectivity index (χ4n) is 3.84. The quantitative estimate of drug-likeness (QED) is 0.829. The zero-order valence-electron chi connectivity index (χ0n) is 15.0. The van der Waals surface area contributed by atoms with Crippen molar-refractivity contribution in [3.63, 3.8) is 0 Å². The first-order valence-corrected chi connectivity index (χ1v) is 9.53. The van der Waals surface area contributed by atoms with Gasteiger partial charge in [-0.25, -0.2) is 0 Å². The van der Waals surface area contributed by atoms with Crippen molar-refractivity contribution in [2.45, 2.75) is 38.6 Å². The number of hydrogen-bond acceptors (Lipinski definition) is 3. The first-order valence-electron chi connectivity index (χ1n) is 9.53. The van der Waals surface area contributed by atoms with Crippen LogP contribution in [0.2, 0.25) is 0 Å². The summed E-state index contributed by atoms with van der Waals surface area (Å²) in [5, 5.41) is 0. The van der Waals surface area contributed by atoms with Crippen LogP contribution in [0.5, 0.6) is 0 Å². The molecule has 0 aliphatic carbocycles. The number of carbonyl (C=O) groups is 1. The van der Waals surface area contributed by atoms with Gasteiger partial charge in [0.25, 0.3) is 0 Å². The van der Waals surface area contributed by atoms with Gasteiger partial charge in [-0.3, -0.25) is 9.69 Å².